The van der Waals surface area contributed by atoms with E-state index in [0.29, 0.717) is 6.42 Å². The summed E-state index contributed by atoms with van der Waals surface area (Å²) in [5.41, 5.74) is 0. The van der Waals surface area contributed by atoms with Crippen LogP contribution in [-0.2, 0) is 4.79 Å². The average Bonchev–Trinajstić information content (AvgIpc) is 2.47. The van der Waals surface area contributed by atoms with Crippen LogP contribution >= 0.6 is 0 Å². The van der Waals surface area contributed by atoms with Crippen molar-refractivity contribution in [1.29, 1.82) is 0 Å². The smallest absolute Gasteiger partial charge is 0.332 e. The molecule has 0 rings (SSSR count). The number of aliphatic hydroxyl groups excluding tert-OH is 1. The molecule has 0 aromatic carbocycles. The van der Waals surface area contributed by atoms with Gasteiger partial charge < -0.3 is 10.2 Å². The van der Waals surface area contributed by atoms with Gasteiger partial charge in [0.05, 0.1) is 0 Å². The van der Waals surface area contributed by atoms with Gasteiger partial charge in [0.25, 0.3) is 0 Å². The molecular weight excluding hydrogens is 287 g/mol. The summed E-state index contributed by atoms with van der Waals surface area (Å²) < 4.78 is 0. The van der Waals surface area contributed by atoms with E-state index in [1.54, 1.807) is 0 Å². The van der Waals surface area contributed by atoms with E-state index in [1.165, 1.54) is 44.9 Å². The van der Waals surface area contributed by atoms with E-state index in [4.69, 9.17) is 10.2 Å². The fourth-order valence-electron chi connectivity index (χ4n) is 2.36. The predicted octanol–water partition coefficient (Wildman–Crippen LogP) is 4.70. The van der Waals surface area contributed by atoms with Gasteiger partial charge in [0, 0.05) is 29.6 Å². The standard InChI is InChI=1S/C18H34O3.Na/c1-2-3-4-5-6-7-8-9-10-11-12-13-14-15-16-17(19)18(20)21;/h9-10,17,19H,2-8,11-16H2,1H3,(H,20,21);/b10-9-;. The van der Waals surface area contributed by atoms with Gasteiger partial charge in [-0.05, 0) is 32.1 Å². The molecule has 0 aliphatic rings. The summed E-state index contributed by atoms with van der Waals surface area (Å²) in [4.78, 5) is 10.4. The largest absolute Gasteiger partial charge is 0.479 e. The monoisotopic (exact) mass is 321 g/mol. The van der Waals surface area contributed by atoms with Crippen LogP contribution in [0.1, 0.15) is 90.4 Å². The van der Waals surface area contributed by atoms with Crippen LogP contribution in [0.4, 0.5) is 0 Å². The van der Waals surface area contributed by atoms with Gasteiger partial charge in [-0.3, -0.25) is 0 Å². The van der Waals surface area contributed by atoms with Crippen molar-refractivity contribution in [2.75, 3.05) is 0 Å². The molecule has 1 radical (unpaired) electrons. The molecule has 0 saturated carbocycles. The Bertz CT molecular complexity index is 267. The van der Waals surface area contributed by atoms with E-state index in [0.717, 1.165) is 32.1 Å². The van der Waals surface area contributed by atoms with Crippen molar-refractivity contribution in [3.63, 3.8) is 0 Å². The number of rotatable bonds is 15. The molecule has 0 spiro atoms. The van der Waals surface area contributed by atoms with E-state index in [2.05, 4.69) is 19.1 Å². The molecule has 3 nitrogen and oxygen atoms in total. The second-order valence-electron chi connectivity index (χ2n) is 5.87. The Balaban J connectivity index is 0. The zero-order valence-corrected chi connectivity index (χ0v) is 16.7. The predicted molar refractivity (Wildman–Crippen MR) is 94.2 cm³/mol. The average molecular weight is 321 g/mol. The molecule has 0 heterocycles. The van der Waals surface area contributed by atoms with Crippen LogP contribution in [-0.4, -0.2) is 51.8 Å². The number of carbonyl (C=O) groups is 1. The summed E-state index contributed by atoms with van der Waals surface area (Å²) in [5.74, 6) is -1.10. The number of unbranched alkanes of at least 4 members (excludes halogenated alkanes) is 10. The van der Waals surface area contributed by atoms with Gasteiger partial charge in [0.15, 0.2) is 6.10 Å². The molecule has 2 N–H and O–H groups in total. The van der Waals surface area contributed by atoms with E-state index in [-0.39, 0.29) is 29.6 Å². The van der Waals surface area contributed by atoms with Crippen molar-refractivity contribution in [3.8, 4) is 0 Å². The van der Waals surface area contributed by atoms with Crippen LogP contribution in [0.2, 0.25) is 0 Å². The van der Waals surface area contributed by atoms with Gasteiger partial charge in [-0.1, -0.05) is 70.4 Å². The zero-order chi connectivity index (χ0) is 15.8. The van der Waals surface area contributed by atoms with Gasteiger partial charge in [-0.25, -0.2) is 4.79 Å². The first kappa shape index (κ1) is 24.4. The van der Waals surface area contributed by atoms with Crippen LogP contribution in [0.15, 0.2) is 12.2 Å². The fourth-order valence-corrected chi connectivity index (χ4v) is 2.36. The van der Waals surface area contributed by atoms with Crippen molar-refractivity contribution in [1.82, 2.24) is 0 Å². The molecule has 0 aromatic heterocycles. The molecule has 1 atom stereocenters. The van der Waals surface area contributed by atoms with Crippen molar-refractivity contribution >= 4 is 35.5 Å². The SMILES string of the molecule is CCCCCCCC/C=C\CCCCCCC(O)C(=O)O.[Na]. The first-order valence-corrected chi connectivity index (χ1v) is 8.74. The number of hydrogen-bond donors (Lipinski definition) is 2. The first-order valence-electron chi connectivity index (χ1n) is 8.74. The van der Waals surface area contributed by atoms with Gasteiger partial charge in [0.2, 0.25) is 0 Å². The molecule has 4 heteroatoms. The fraction of sp³-hybridized carbons (Fsp3) is 0.833. The first-order chi connectivity index (χ1) is 10.2. The molecule has 0 aliphatic heterocycles. The Morgan fingerprint density at radius 3 is 1.82 bits per heavy atom. The van der Waals surface area contributed by atoms with Crippen LogP contribution in [0.25, 0.3) is 0 Å². The third-order valence-electron chi connectivity index (χ3n) is 3.77. The van der Waals surface area contributed by atoms with E-state index in [1.807, 2.05) is 0 Å². The maximum absolute atomic E-state index is 10.4. The van der Waals surface area contributed by atoms with Crippen LogP contribution in [0.5, 0.6) is 0 Å². The van der Waals surface area contributed by atoms with Gasteiger partial charge >= 0.3 is 5.97 Å². The van der Waals surface area contributed by atoms with Crippen LogP contribution in [0.3, 0.4) is 0 Å². The Labute approximate surface area is 158 Å². The molecule has 1 unspecified atom stereocenters. The van der Waals surface area contributed by atoms with Crippen LogP contribution in [0, 0.1) is 0 Å². The quantitative estimate of drug-likeness (QED) is 0.261. The molecule has 125 valence electrons. The number of carboxylic acids is 1. The maximum atomic E-state index is 10.4. The van der Waals surface area contributed by atoms with Crippen molar-refractivity contribution in [3.05, 3.63) is 12.2 Å². The normalized spacial score (nSPS) is 12.3. The number of aliphatic carboxylic acids is 1. The Morgan fingerprint density at radius 1 is 0.864 bits per heavy atom. The maximum Gasteiger partial charge on any atom is 0.332 e. The molecule has 0 aromatic rings. The molecule has 0 amide bonds. The van der Waals surface area contributed by atoms with E-state index >= 15 is 0 Å². The third-order valence-corrected chi connectivity index (χ3v) is 3.77. The van der Waals surface area contributed by atoms with Crippen molar-refractivity contribution in [2.24, 2.45) is 0 Å². The Kier molecular flexibility index (Phi) is 21.3. The molecule has 22 heavy (non-hydrogen) atoms. The molecular formula is C18H34NaO3. The minimum Gasteiger partial charge on any atom is -0.479 e. The van der Waals surface area contributed by atoms with E-state index in [9.17, 15) is 4.79 Å². The minimum atomic E-state index is -1.18. The summed E-state index contributed by atoms with van der Waals surface area (Å²) >= 11 is 0. The third kappa shape index (κ3) is 18.2. The van der Waals surface area contributed by atoms with Crippen molar-refractivity contribution in [2.45, 2.75) is 96.5 Å². The Hall–Kier alpha value is 0.170. The second-order valence-corrected chi connectivity index (χ2v) is 5.87. The summed E-state index contributed by atoms with van der Waals surface area (Å²) in [6, 6.07) is 0. The summed E-state index contributed by atoms with van der Waals surface area (Å²) in [5, 5.41) is 17.6. The van der Waals surface area contributed by atoms with Gasteiger partial charge in [-0.2, -0.15) is 0 Å². The number of allylic oxidation sites excluding steroid dienone is 2. The summed E-state index contributed by atoms with van der Waals surface area (Å²) in [7, 11) is 0. The van der Waals surface area contributed by atoms with Gasteiger partial charge in [-0.15, -0.1) is 0 Å². The topological polar surface area (TPSA) is 57.5 Å². The summed E-state index contributed by atoms with van der Waals surface area (Å²) in [6.07, 6.45) is 18.3. The molecule has 0 aliphatic carbocycles. The minimum absolute atomic E-state index is 0. The molecule has 0 saturated heterocycles. The molecule has 0 fully saturated rings. The second kappa shape index (κ2) is 19.2. The summed E-state index contributed by atoms with van der Waals surface area (Å²) in [6.45, 7) is 2.25. The van der Waals surface area contributed by atoms with Crippen molar-refractivity contribution < 1.29 is 15.0 Å². The van der Waals surface area contributed by atoms with Gasteiger partial charge in [0.1, 0.15) is 0 Å². The van der Waals surface area contributed by atoms with Crippen LogP contribution < -0.4 is 0 Å². The molecule has 0 bridgehead atoms. The zero-order valence-electron chi connectivity index (χ0n) is 14.7. The number of carboxylic acid groups (broad SMARTS) is 1. The van der Waals surface area contributed by atoms with E-state index < -0.39 is 12.1 Å². The number of hydrogen-bond acceptors (Lipinski definition) is 2. The Morgan fingerprint density at radius 2 is 1.32 bits per heavy atom. The number of aliphatic hydroxyl groups is 1.